The van der Waals surface area contributed by atoms with Gasteiger partial charge in [0.1, 0.15) is 6.04 Å². The Hall–Kier alpha value is -4.65. The van der Waals surface area contributed by atoms with E-state index in [1.807, 2.05) is 83.8 Å². The van der Waals surface area contributed by atoms with Crippen molar-refractivity contribution >= 4 is 17.9 Å². The lowest BCUT2D eigenvalue weighted by Gasteiger charge is -2.36. The SMILES string of the molecule is O=C([C@H](Cc1ccccc1)N(Cc1ccccc1)C(=O)C=Cc1ccc(C(F)(F)F)cc1)N1CCc2ccccc2C1. The van der Waals surface area contributed by atoms with Gasteiger partial charge in [0.15, 0.2) is 0 Å². The Kier molecular flexibility index (Phi) is 8.86. The first kappa shape index (κ1) is 28.9. The maximum atomic E-state index is 14.3. The van der Waals surface area contributed by atoms with E-state index in [1.54, 1.807) is 4.90 Å². The number of fused-ring (bicyclic) bond motifs is 1. The summed E-state index contributed by atoms with van der Waals surface area (Å²) in [5.41, 5.74) is 3.80. The van der Waals surface area contributed by atoms with Gasteiger partial charge < -0.3 is 9.80 Å². The fourth-order valence-electron chi connectivity index (χ4n) is 5.23. The zero-order chi connectivity index (χ0) is 29.5. The number of benzene rings is 4. The number of amides is 2. The van der Waals surface area contributed by atoms with Crippen molar-refractivity contribution in [3.8, 4) is 0 Å². The Balaban J connectivity index is 1.47. The molecule has 4 nitrogen and oxygen atoms in total. The Morgan fingerprint density at radius 1 is 0.786 bits per heavy atom. The maximum absolute atomic E-state index is 14.3. The Bertz CT molecular complexity index is 1530. The summed E-state index contributed by atoms with van der Waals surface area (Å²) in [5.74, 6) is -0.536. The summed E-state index contributed by atoms with van der Waals surface area (Å²) in [4.78, 5) is 31.5. The predicted octanol–water partition coefficient (Wildman–Crippen LogP) is 6.94. The minimum absolute atomic E-state index is 0.138. The van der Waals surface area contributed by atoms with E-state index in [2.05, 4.69) is 6.07 Å². The van der Waals surface area contributed by atoms with Gasteiger partial charge in [0, 0.05) is 32.1 Å². The quantitative estimate of drug-likeness (QED) is 0.216. The van der Waals surface area contributed by atoms with Crippen molar-refractivity contribution in [3.63, 3.8) is 0 Å². The molecule has 0 saturated heterocycles. The van der Waals surface area contributed by atoms with Gasteiger partial charge in [-0.15, -0.1) is 0 Å². The van der Waals surface area contributed by atoms with Crippen LogP contribution in [0.2, 0.25) is 0 Å². The number of halogens is 3. The second kappa shape index (κ2) is 12.9. The third-order valence-corrected chi connectivity index (χ3v) is 7.51. The van der Waals surface area contributed by atoms with E-state index in [4.69, 9.17) is 0 Å². The van der Waals surface area contributed by atoms with Crippen LogP contribution in [-0.2, 0) is 41.7 Å². The van der Waals surface area contributed by atoms with E-state index in [-0.39, 0.29) is 12.5 Å². The van der Waals surface area contributed by atoms with Crippen molar-refractivity contribution in [1.29, 1.82) is 0 Å². The topological polar surface area (TPSA) is 40.6 Å². The van der Waals surface area contributed by atoms with Crippen molar-refractivity contribution in [2.24, 2.45) is 0 Å². The molecule has 0 aromatic heterocycles. The van der Waals surface area contributed by atoms with Crippen molar-refractivity contribution in [3.05, 3.63) is 149 Å². The van der Waals surface area contributed by atoms with Gasteiger partial charge in [-0.2, -0.15) is 13.2 Å². The highest BCUT2D eigenvalue weighted by Gasteiger charge is 2.34. The maximum Gasteiger partial charge on any atom is 0.416 e. The molecular formula is C35H31F3N2O2. The van der Waals surface area contributed by atoms with Gasteiger partial charge in [0.05, 0.1) is 5.56 Å². The number of carbonyl (C=O) groups is 2. The second-order valence-electron chi connectivity index (χ2n) is 10.4. The zero-order valence-corrected chi connectivity index (χ0v) is 23.0. The van der Waals surface area contributed by atoms with Crippen molar-refractivity contribution in [2.75, 3.05) is 6.54 Å². The lowest BCUT2D eigenvalue weighted by atomic mass is 9.97. The van der Waals surface area contributed by atoms with E-state index < -0.39 is 23.7 Å². The molecule has 0 aliphatic carbocycles. The van der Waals surface area contributed by atoms with E-state index in [1.165, 1.54) is 29.8 Å². The van der Waals surface area contributed by atoms with Crippen molar-refractivity contribution in [2.45, 2.75) is 38.1 Å². The number of rotatable bonds is 8. The minimum atomic E-state index is -4.44. The normalized spacial score (nSPS) is 13.9. The lowest BCUT2D eigenvalue weighted by molar-refractivity contribution is -0.144. The molecule has 42 heavy (non-hydrogen) atoms. The molecule has 5 rings (SSSR count). The molecule has 7 heteroatoms. The van der Waals surface area contributed by atoms with Gasteiger partial charge in [0.25, 0.3) is 0 Å². The fourth-order valence-corrected chi connectivity index (χ4v) is 5.23. The molecule has 0 saturated carbocycles. The van der Waals surface area contributed by atoms with E-state index >= 15 is 0 Å². The van der Waals surface area contributed by atoms with Crippen LogP contribution in [0.25, 0.3) is 6.08 Å². The van der Waals surface area contributed by atoms with Crippen LogP contribution in [0.15, 0.2) is 115 Å². The van der Waals surface area contributed by atoms with Gasteiger partial charge in [-0.25, -0.2) is 0 Å². The first-order valence-corrected chi connectivity index (χ1v) is 13.9. The summed E-state index contributed by atoms with van der Waals surface area (Å²) in [6, 6.07) is 31.0. The standard InChI is InChI=1S/C35H31F3N2O2/c36-35(37,38)31-18-15-26(16-19-31)17-20-33(41)40(24-28-11-5-2-6-12-28)32(23-27-9-3-1-4-10-27)34(42)39-22-21-29-13-7-8-14-30(29)25-39/h1-20,32H,21-25H2/t32-/m0/s1. The third-order valence-electron chi connectivity index (χ3n) is 7.51. The summed E-state index contributed by atoms with van der Waals surface area (Å²) in [6.45, 7) is 1.22. The van der Waals surface area contributed by atoms with Crippen LogP contribution in [0.5, 0.6) is 0 Å². The number of carbonyl (C=O) groups excluding carboxylic acids is 2. The molecule has 0 unspecified atom stereocenters. The molecule has 2 amide bonds. The molecule has 1 aliphatic rings. The van der Waals surface area contributed by atoms with Crippen LogP contribution in [0.4, 0.5) is 13.2 Å². The fraction of sp³-hybridized carbons (Fsp3) is 0.200. The Labute approximate surface area is 243 Å². The number of hydrogen-bond acceptors (Lipinski definition) is 2. The zero-order valence-electron chi connectivity index (χ0n) is 23.0. The van der Waals surface area contributed by atoms with E-state index in [9.17, 15) is 22.8 Å². The van der Waals surface area contributed by atoms with Crippen molar-refractivity contribution < 1.29 is 22.8 Å². The molecule has 1 heterocycles. The summed E-state index contributed by atoms with van der Waals surface area (Å²) >= 11 is 0. The molecule has 0 fully saturated rings. The number of hydrogen-bond donors (Lipinski definition) is 0. The van der Waals surface area contributed by atoms with Crippen LogP contribution >= 0.6 is 0 Å². The van der Waals surface area contributed by atoms with Crippen LogP contribution in [0.1, 0.15) is 33.4 Å². The molecule has 0 radical (unpaired) electrons. The molecule has 214 valence electrons. The summed E-state index contributed by atoms with van der Waals surface area (Å²) in [7, 11) is 0. The van der Waals surface area contributed by atoms with Crippen molar-refractivity contribution in [1.82, 2.24) is 9.80 Å². The van der Waals surface area contributed by atoms with Crippen LogP contribution in [0.3, 0.4) is 0 Å². The Morgan fingerprint density at radius 3 is 2.02 bits per heavy atom. The predicted molar refractivity (Wildman–Crippen MR) is 157 cm³/mol. The molecule has 4 aromatic rings. The minimum Gasteiger partial charge on any atom is -0.336 e. The molecular weight excluding hydrogens is 537 g/mol. The van der Waals surface area contributed by atoms with Crippen LogP contribution in [0, 0.1) is 0 Å². The monoisotopic (exact) mass is 568 g/mol. The van der Waals surface area contributed by atoms with E-state index in [0.717, 1.165) is 35.2 Å². The van der Waals surface area contributed by atoms with Gasteiger partial charge in [-0.05, 0) is 52.4 Å². The number of nitrogens with zero attached hydrogens (tertiary/aromatic N) is 2. The van der Waals surface area contributed by atoms with Crippen LogP contribution < -0.4 is 0 Å². The van der Waals surface area contributed by atoms with Crippen LogP contribution in [-0.4, -0.2) is 34.2 Å². The highest BCUT2D eigenvalue weighted by atomic mass is 19.4. The largest absolute Gasteiger partial charge is 0.416 e. The molecule has 0 spiro atoms. The highest BCUT2D eigenvalue weighted by molar-refractivity contribution is 5.95. The van der Waals surface area contributed by atoms with E-state index in [0.29, 0.717) is 25.1 Å². The number of alkyl halides is 3. The smallest absolute Gasteiger partial charge is 0.336 e. The molecule has 0 N–H and O–H groups in total. The second-order valence-corrected chi connectivity index (χ2v) is 10.4. The molecule has 4 aromatic carbocycles. The summed E-state index contributed by atoms with van der Waals surface area (Å²) in [6.07, 6.45) is -0.556. The lowest BCUT2D eigenvalue weighted by Crippen LogP contribution is -2.52. The first-order chi connectivity index (χ1) is 20.3. The van der Waals surface area contributed by atoms with Gasteiger partial charge in [-0.1, -0.05) is 97.1 Å². The van der Waals surface area contributed by atoms with Gasteiger partial charge in [0.2, 0.25) is 11.8 Å². The highest BCUT2D eigenvalue weighted by Crippen LogP contribution is 2.29. The van der Waals surface area contributed by atoms with Gasteiger partial charge >= 0.3 is 6.18 Å². The first-order valence-electron chi connectivity index (χ1n) is 13.9. The molecule has 1 aliphatic heterocycles. The average Bonchev–Trinajstić information content (AvgIpc) is 3.01. The molecule has 0 bridgehead atoms. The van der Waals surface area contributed by atoms with Gasteiger partial charge in [-0.3, -0.25) is 9.59 Å². The third kappa shape index (κ3) is 7.16. The molecule has 1 atom stereocenters. The summed E-state index contributed by atoms with van der Waals surface area (Å²) < 4.78 is 39.0. The summed E-state index contributed by atoms with van der Waals surface area (Å²) in [5, 5.41) is 0. The Morgan fingerprint density at radius 2 is 1.38 bits per heavy atom. The average molecular weight is 569 g/mol.